The Hall–Kier alpha value is -2.59. The molecule has 0 unspecified atom stereocenters. The van der Waals surface area contributed by atoms with Gasteiger partial charge in [-0.1, -0.05) is 47.5 Å². The molecule has 0 spiro atoms. The van der Waals surface area contributed by atoms with E-state index < -0.39 is 0 Å². The first-order valence-electron chi connectivity index (χ1n) is 8.18. The van der Waals surface area contributed by atoms with Crippen molar-refractivity contribution >= 4 is 23.5 Å². The van der Waals surface area contributed by atoms with Crippen LogP contribution in [0.5, 0.6) is 0 Å². The molecular weight excluding hydrogens is 332 g/mol. The monoisotopic (exact) mass is 352 g/mol. The maximum atomic E-state index is 6.26. The second-order valence-electron chi connectivity index (χ2n) is 6.07. The molecular formula is C20H21ClN4. The first kappa shape index (κ1) is 17.2. The first-order valence-corrected chi connectivity index (χ1v) is 8.55. The maximum absolute atomic E-state index is 6.26. The summed E-state index contributed by atoms with van der Waals surface area (Å²) >= 11 is 6.26. The smallest absolute Gasteiger partial charge is 0.0685 e. The van der Waals surface area contributed by atoms with E-state index in [0.717, 1.165) is 33.2 Å². The Bertz CT molecular complexity index is 895. The van der Waals surface area contributed by atoms with Crippen LogP contribution in [0.2, 0.25) is 5.02 Å². The molecule has 25 heavy (non-hydrogen) atoms. The third kappa shape index (κ3) is 4.09. The van der Waals surface area contributed by atoms with Gasteiger partial charge in [0.2, 0.25) is 0 Å². The van der Waals surface area contributed by atoms with E-state index in [9.17, 15) is 0 Å². The molecule has 3 aromatic rings. The number of nitrogens with one attached hydrogen (secondary N) is 1. The van der Waals surface area contributed by atoms with Gasteiger partial charge in [-0.3, -0.25) is 10.1 Å². The summed E-state index contributed by atoms with van der Waals surface area (Å²) < 4.78 is 1.96. The molecule has 0 saturated heterocycles. The van der Waals surface area contributed by atoms with Gasteiger partial charge in [0.15, 0.2) is 0 Å². The molecule has 0 aliphatic carbocycles. The number of aryl methyl sites for hydroxylation is 2. The number of nitrogens with zero attached hydrogens (tertiary/aromatic N) is 3. The summed E-state index contributed by atoms with van der Waals surface area (Å²) in [7, 11) is 0. The summed E-state index contributed by atoms with van der Waals surface area (Å²) in [4.78, 5) is 0. The third-order valence-electron chi connectivity index (χ3n) is 4.15. The molecule has 0 saturated carbocycles. The van der Waals surface area contributed by atoms with Crippen molar-refractivity contribution in [3.8, 4) is 0 Å². The van der Waals surface area contributed by atoms with Gasteiger partial charge in [-0.05, 0) is 44.5 Å². The van der Waals surface area contributed by atoms with Gasteiger partial charge < -0.3 is 0 Å². The van der Waals surface area contributed by atoms with Gasteiger partial charge in [-0.2, -0.15) is 10.2 Å². The van der Waals surface area contributed by atoms with Gasteiger partial charge in [-0.15, -0.1) is 0 Å². The molecule has 3 rings (SSSR count). The first-order chi connectivity index (χ1) is 12.0. The van der Waals surface area contributed by atoms with Crippen molar-refractivity contribution in [2.24, 2.45) is 5.10 Å². The molecule has 0 aliphatic rings. The van der Waals surface area contributed by atoms with Crippen LogP contribution in [0, 0.1) is 20.8 Å². The van der Waals surface area contributed by atoms with Crippen molar-refractivity contribution in [3.05, 3.63) is 81.6 Å². The second kappa shape index (κ2) is 7.53. The van der Waals surface area contributed by atoms with Gasteiger partial charge in [0.25, 0.3) is 0 Å². The van der Waals surface area contributed by atoms with E-state index in [0.29, 0.717) is 6.54 Å². The van der Waals surface area contributed by atoms with E-state index >= 15 is 0 Å². The molecule has 0 bridgehead atoms. The molecule has 1 N–H and O–H groups in total. The number of rotatable bonds is 5. The standard InChI is InChI=1S/C20H21ClN4/c1-14-8-10-18(11-9-14)23-22-12-19-15(2)24-25(16(19)3)13-17-6-4-5-7-20(17)21/h4-12,23H,13H2,1-3H3/b22-12+. The summed E-state index contributed by atoms with van der Waals surface area (Å²) in [6.07, 6.45) is 1.82. The number of anilines is 1. The van der Waals surface area contributed by atoms with Crippen molar-refractivity contribution in [1.82, 2.24) is 9.78 Å². The molecule has 4 nitrogen and oxygen atoms in total. The highest BCUT2D eigenvalue weighted by Gasteiger charge is 2.11. The highest BCUT2D eigenvalue weighted by molar-refractivity contribution is 6.31. The highest BCUT2D eigenvalue weighted by Crippen LogP contribution is 2.19. The topological polar surface area (TPSA) is 42.2 Å². The average molecular weight is 353 g/mol. The number of benzene rings is 2. The lowest BCUT2D eigenvalue weighted by atomic mass is 10.2. The van der Waals surface area contributed by atoms with Crippen LogP contribution in [0.15, 0.2) is 53.6 Å². The van der Waals surface area contributed by atoms with E-state index in [1.54, 1.807) is 0 Å². The quantitative estimate of drug-likeness (QED) is 0.521. The van der Waals surface area contributed by atoms with Crippen molar-refractivity contribution < 1.29 is 0 Å². The van der Waals surface area contributed by atoms with Crippen LogP contribution >= 0.6 is 11.6 Å². The largest absolute Gasteiger partial charge is 0.279 e. The highest BCUT2D eigenvalue weighted by atomic mass is 35.5. The van der Waals surface area contributed by atoms with E-state index in [1.165, 1.54) is 5.56 Å². The molecule has 0 amide bonds. The molecule has 2 aromatic carbocycles. The maximum Gasteiger partial charge on any atom is 0.0685 e. The minimum atomic E-state index is 0.644. The lowest BCUT2D eigenvalue weighted by Crippen LogP contribution is -2.05. The molecule has 0 aliphatic heterocycles. The lowest BCUT2D eigenvalue weighted by Gasteiger charge is -2.06. The van der Waals surface area contributed by atoms with Crippen LogP contribution in [-0.2, 0) is 6.54 Å². The summed E-state index contributed by atoms with van der Waals surface area (Å²) in [5, 5.41) is 9.73. The zero-order chi connectivity index (χ0) is 17.8. The average Bonchev–Trinajstić information content (AvgIpc) is 2.86. The van der Waals surface area contributed by atoms with Gasteiger partial charge in [0.05, 0.1) is 24.1 Å². The number of halogens is 1. The van der Waals surface area contributed by atoms with Crippen molar-refractivity contribution in [2.75, 3.05) is 5.43 Å². The Morgan fingerprint density at radius 3 is 2.52 bits per heavy atom. The molecule has 5 heteroatoms. The summed E-state index contributed by atoms with van der Waals surface area (Å²) in [5.74, 6) is 0. The molecule has 128 valence electrons. The van der Waals surface area contributed by atoms with Crippen LogP contribution in [0.3, 0.4) is 0 Å². The fraction of sp³-hybridized carbons (Fsp3) is 0.200. The number of hydrogen-bond acceptors (Lipinski definition) is 3. The third-order valence-corrected chi connectivity index (χ3v) is 4.52. The molecule has 0 fully saturated rings. The van der Waals surface area contributed by atoms with Crippen molar-refractivity contribution in [1.29, 1.82) is 0 Å². The Morgan fingerprint density at radius 2 is 1.80 bits per heavy atom. The SMILES string of the molecule is Cc1ccc(N/N=C/c2c(C)nn(Cc3ccccc3Cl)c2C)cc1. The van der Waals surface area contributed by atoms with E-state index in [-0.39, 0.29) is 0 Å². The zero-order valence-corrected chi connectivity index (χ0v) is 15.4. The van der Waals surface area contributed by atoms with Crippen LogP contribution in [0.4, 0.5) is 5.69 Å². The van der Waals surface area contributed by atoms with Crippen molar-refractivity contribution in [2.45, 2.75) is 27.3 Å². The molecule has 0 radical (unpaired) electrons. The molecule has 1 aromatic heterocycles. The fourth-order valence-corrected chi connectivity index (χ4v) is 2.83. The summed E-state index contributed by atoms with van der Waals surface area (Å²) in [5.41, 5.74) is 9.31. The Balaban J connectivity index is 1.76. The Kier molecular flexibility index (Phi) is 5.19. The zero-order valence-electron chi connectivity index (χ0n) is 14.6. The molecule has 0 atom stereocenters. The van der Waals surface area contributed by atoms with Crippen LogP contribution in [-0.4, -0.2) is 16.0 Å². The fourth-order valence-electron chi connectivity index (χ4n) is 2.64. The summed E-state index contributed by atoms with van der Waals surface area (Å²) in [6.45, 7) is 6.74. The van der Waals surface area contributed by atoms with Gasteiger partial charge in [0, 0.05) is 16.3 Å². The lowest BCUT2D eigenvalue weighted by molar-refractivity contribution is 0.659. The van der Waals surface area contributed by atoms with E-state index in [1.807, 2.05) is 61.1 Å². The van der Waals surface area contributed by atoms with Crippen LogP contribution in [0.1, 0.15) is 28.1 Å². The van der Waals surface area contributed by atoms with Gasteiger partial charge in [-0.25, -0.2) is 0 Å². The normalized spacial score (nSPS) is 11.2. The van der Waals surface area contributed by atoms with Gasteiger partial charge in [0.1, 0.15) is 0 Å². The van der Waals surface area contributed by atoms with Gasteiger partial charge >= 0.3 is 0 Å². The minimum absolute atomic E-state index is 0.644. The number of hydrogen-bond donors (Lipinski definition) is 1. The number of aromatic nitrogens is 2. The van der Waals surface area contributed by atoms with Crippen molar-refractivity contribution in [3.63, 3.8) is 0 Å². The van der Waals surface area contributed by atoms with E-state index in [4.69, 9.17) is 11.6 Å². The summed E-state index contributed by atoms with van der Waals surface area (Å²) in [6, 6.07) is 16.0. The van der Waals surface area contributed by atoms with E-state index in [2.05, 4.69) is 34.7 Å². The number of hydrazone groups is 1. The minimum Gasteiger partial charge on any atom is -0.279 e. The van der Waals surface area contributed by atoms with Crippen LogP contribution in [0.25, 0.3) is 0 Å². The Labute approximate surface area is 153 Å². The second-order valence-corrected chi connectivity index (χ2v) is 6.48. The van der Waals surface area contributed by atoms with Crippen LogP contribution < -0.4 is 5.43 Å². The Morgan fingerprint density at radius 1 is 1.08 bits per heavy atom. The molecule has 1 heterocycles. The predicted molar refractivity (Wildman–Crippen MR) is 105 cm³/mol. The predicted octanol–water partition coefficient (Wildman–Crippen LogP) is 4.96.